The number of carbonyl (C=O) groups excluding carboxylic acids is 1. The van der Waals surface area contributed by atoms with Crippen LogP contribution in [0.25, 0.3) is 0 Å². The highest BCUT2D eigenvalue weighted by Gasteiger charge is 2.40. The third kappa shape index (κ3) is 4.38. The van der Waals surface area contributed by atoms with Crippen LogP contribution in [0.2, 0.25) is 0 Å². The summed E-state index contributed by atoms with van der Waals surface area (Å²) in [4.78, 5) is 12.5. The number of hydrogen-bond donors (Lipinski definition) is 0. The molecule has 18 heavy (non-hydrogen) atoms. The molecule has 0 aromatic heterocycles. The second-order valence-corrected chi connectivity index (χ2v) is 7.24. The molecule has 2 nitrogen and oxygen atoms in total. The minimum atomic E-state index is -0.463. The molecule has 106 valence electrons. The van der Waals surface area contributed by atoms with Gasteiger partial charge in [-0.1, -0.05) is 34.1 Å². The van der Waals surface area contributed by atoms with Crippen molar-refractivity contribution in [1.29, 1.82) is 0 Å². The minimum absolute atomic E-state index is 0.320. The highest BCUT2D eigenvalue weighted by molar-refractivity contribution is 5.87. The van der Waals surface area contributed by atoms with E-state index < -0.39 is 5.60 Å². The molecular formula is C16H30O2. The lowest BCUT2D eigenvalue weighted by Crippen LogP contribution is -2.44. The van der Waals surface area contributed by atoms with E-state index in [2.05, 4.69) is 27.7 Å². The molecule has 0 aromatic rings. The first kappa shape index (κ1) is 15.7. The van der Waals surface area contributed by atoms with Crippen LogP contribution in [0.15, 0.2) is 0 Å². The maximum atomic E-state index is 12.5. The summed E-state index contributed by atoms with van der Waals surface area (Å²) in [6.45, 7) is 8.92. The molecule has 1 rings (SSSR count). The van der Waals surface area contributed by atoms with Crippen LogP contribution in [0, 0.1) is 11.3 Å². The van der Waals surface area contributed by atoms with Crippen LogP contribution in [0.3, 0.4) is 0 Å². The van der Waals surface area contributed by atoms with E-state index in [4.69, 9.17) is 4.74 Å². The molecule has 1 fully saturated rings. The largest absolute Gasteiger partial charge is 0.370 e. The van der Waals surface area contributed by atoms with E-state index in [1.165, 1.54) is 6.42 Å². The molecule has 0 aromatic carbocycles. The van der Waals surface area contributed by atoms with Gasteiger partial charge in [0.2, 0.25) is 0 Å². The Kier molecular flexibility index (Phi) is 5.39. The zero-order valence-electron chi connectivity index (χ0n) is 12.8. The molecule has 0 bridgehead atoms. The van der Waals surface area contributed by atoms with Crippen molar-refractivity contribution in [2.75, 3.05) is 7.11 Å². The summed E-state index contributed by atoms with van der Waals surface area (Å²) in [6.07, 6.45) is 6.97. The van der Waals surface area contributed by atoms with E-state index in [-0.39, 0.29) is 0 Å². The molecule has 0 aliphatic heterocycles. The maximum Gasteiger partial charge on any atom is 0.164 e. The number of hydrogen-bond acceptors (Lipinski definition) is 2. The molecule has 2 atom stereocenters. The van der Waals surface area contributed by atoms with Crippen molar-refractivity contribution >= 4 is 5.78 Å². The van der Waals surface area contributed by atoms with Gasteiger partial charge in [0.05, 0.1) is 0 Å². The van der Waals surface area contributed by atoms with Crippen LogP contribution in [-0.2, 0) is 9.53 Å². The fourth-order valence-electron chi connectivity index (χ4n) is 3.06. The topological polar surface area (TPSA) is 26.3 Å². The average Bonchev–Trinajstić information content (AvgIpc) is 2.27. The van der Waals surface area contributed by atoms with Crippen LogP contribution >= 0.6 is 0 Å². The highest BCUT2D eigenvalue weighted by atomic mass is 16.5. The third-order valence-corrected chi connectivity index (χ3v) is 4.19. The SMILES string of the molecule is COC1(C(=O)CCCC(C)(C)C)CCCC(C)C1. The Labute approximate surface area is 112 Å². The number of methoxy groups -OCH3 is 1. The first-order valence-corrected chi connectivity index (χ1v) is 7.37. The molecule has 1 aliphatic rings. The molecule has 0 N–H and O–H groups in total. The van der Waals surface area contributed by atoms with Gasteiger partial charge in [0.15, 0.2) is 5.78 Å². The van der Waals surface area contributed by atoms with Crippen LogP contribution < -0.4 is 0 Å². The first-order valence-electron chi connectivity index (χ1n) is 7.37. The first-order chi connectivity index (χ1) is 8.29. The van der Waals surface area contributed by atoms with Gasteiger partial charge in [-0.15, -0.1) is 0 Å². The second-order valence-electron chi connectivity index (χ2n) is 7.24. The summed E-state index contributed by atoms with van der Waals surface area (Å²) in [5, 5.41) is 0. The lowest BCUT2D eigenvalue weighted by Gasteiger charge is -2.37. The van der Waals surface area contributed by atoms with Gasteiger partial charge in [-0.05, 0) is 43.4 Å². The summed E-state index contributed by atoms with van der Waals surface area (Å²) in [7, 11) is 1.71. The lowest BCUT2D eigenvalue weighted by atomic mass is 9.75. The second kappa shape index (κ2) is 6.18. The molecule has 0 radical (unpaired) electrons. The van der Waals surface area contributed by atoms with Gasteiger partial charge in [0, 0.05) is 13.5 Å². The summed E-state index contributed by atoms with van der Waals surface area (Å²) in [6, 6.07) is 0. The molecule has 2 unspecified atom stereocenters. The lowest BCUT2D eigenvalue weighted by molar-refractivity contribution is -0.147. The van der Waals surface area contributed by atoms with Crippen molar-refractivity contribution in [3.63, 3.8) is 0 Å². The number of rotatable bonds is 5. The summed E-state index contributed by atoms with van der Waals surface area (Å²) in [5.41, 5.74) is -0.143. The number of Topliss-reactive ketones (excluding diaryl/α,β-unsaturated/α-hetero) is 1. The zero-order chi connectivity index (χ0) is 13.8. The maximum absolute atomic E-state index is 12.5. The molecule has 2 heteroatoms. The van der Waals surface area contributed by atoms with Crippen molar-refractivity contribution < 1.29 is 9.53 Å². The molecule has 0 amide bonds. The van der Waals surface area contributed by atoms with E-state index in [0.29, 0.717) is 23.5 Å². The Hall–Kier alpha value is -0.370. The van der Waals surface area contributed by atoms with Gasteiger partial charge in [-0.2, -0.15) is 0 Å². The van der Waals surface area contributed by atoms with Gasteiger partial charge in [-0.3, -0.25) is 4.79 Å². The van der Waals surface area contributed by atoms with Crippen molar-refractivity contribution in [2.45, 2.75) is 78.2 Å². The third-order valence-electron chi connectivity index (χ3n) is 4.19. The van der Waals surface area contributed by atoms with E-state index in [9.17, 15) is 4.79 Å². The van der Waals surface area contributed by atoms with Crippen molar-refractivity contribution in [2.24, 2.45) is 11.3 Å². The van der Waals surface area contributed by atoms with Crippen LogP contribution in [0.4, 0.5) is 0 Å². The Morgan fingerprint density at radius 3 is 2.56 bits per heavy atom. The van der Waals surface area contributed by atoms with Gasteiger partial charge >= 0.3 is 0 Å². The van der Waals surface area contributed by atoms with E-state index >= 15 is 0 Å². The Morgan fingerprint density at radius 1 is 1.39 bits per heavy atom. The zero-order valence-corrected chi connectivity index (χ0v) is 12.8. The monoisotopic (exact) mass is 254 g/mol. The predicted molar refractivity (Wildman–Crippen MR) is 75.7 cm³/mol. The van der Waals surface area contributed by atoms with E-state index in [1.807, 2.05) is 0 Å². The molecule has 0 heterocycles. The Morgan fingerprint density at radius 2 is 2.06 bits per heavy atom. The quantitative estimate of drug-likeness (QED) is 0.728. The summed E-state index contributed by atoms with van der Waals surface area (Å²) in [5.74, 6) is 0.950. The Bertz CT molecular complexity index is 277. The van der Waals surface area contributed by atoms with E-state index in [0.717, 1.165) is 32.1 Å². The smallest absolute Gasteiger partial charge is 0.164 e. The number of ketones is 1. The average molecular weight is 254 g/mol. The molecular weight excluding hydrogens is 224 g/mol. The van der Waals surface area contributed by atoms with Gasteiger partial charge in [-0.25, -0.2) is 0 Å². The Balaban J connectivity index is 2.51. The molecule has 0 spiro atoms. The van der Waals surface area contributed by atoms with E-state index in [1.54, 1.807) is 7.11 Å². The van der Waals surface area contributed by atoms with Crippen LogP contribution in [-0.4, -0.2) is 18.5 Å². The number of ether oxygens (including phenoxy) is 1. The fraction of sp³-hybridized carbons (Fsp3) is 0.938. The van der Waals surface area contributed by atoms with Crippen molar-refractivity contribution in [3.8, 4) is 0 Å². The molecule has 1 saturated carbocycles. The van der Waals surface area contributed by atoms with Gasteiger partial charge in [0.25, 0.3) is 0 Å². The van der Waals surface area contributed by atoms with Crippen LogP contribution in [0.1, 0.15) is 72.6 Å². The fourth-order valence-corrected chi connectivity index (χ4v) is 3.06. The molecule has 0 saturated heterocycles. The summed E-state index contributed by atoms with van der Waals surface area (Å²) < 4.78 is 5.64. The summed E-state index contributed by atoms with van der Waals surface area (Å²) >= 11 is 0. The van der Waals surface area contributed by atoms with Crippen molar-refractivity contribution in [1.82, 2.24) is 0 Å². The standard InChI is InChI=1S/C16H30O2/c1-13-8-6-11-16(12-13,18-5)14(17)9-7-10-15(2,3)4/h13H,6-12H2,1-5H3. The number of carbonyl (C=O) groups is 1. The van der Waals surface area contributed by atoms with Gasteiger partial charge in [0.1, 0.15) is 5.60 Å². The predicted octanol–water partition coefficient (Wildman–Crippen LogP) is 4.37. The van der Waals surface area contributed by atoms with Crippen molar-refractivity contribution in [3.05, 3.63) is 0 Å². The minimum Gasteiger partial charge on any atom is -0.370 e. The normalized spacial score (nSPS) is 29.3. The molecule has 1 aliphatic carbocycles. The van der Waals surface area contributed by atoms with Crippen LogP contribution in [0.5, 0.6) is 0 Å². The van der Waals surface area contributed by atoms with Gasteiger partial charge < -0.3 is 4.74 Å². The highest BCUT2D eigenvalue weighted by Crippen LogP contribution is 2.37.